The van der Waals surface area contributed by atoms with Gasteiger partial charge in [0, 0.05) is 18.3 Å². The van der Waals surface area contributed by atoms with Crippen molar-refractivity contribution >= 4 is 28.4 Å². The van der Waals surface area contributed by atoms with Gasteiger partial charge in [0.25, 0.3) is 11.4 Å². The van der Waals surface area contributed by atoms with E-state index in [0.29, 0.717) is 40.5 Å². The fourth-order valence-corrected chi connectivity index (χ4v) is 4.66. The summed E-state index contributed by atoms with van der Waals surface area (Å²) >= 11 is 0. The summed E-state index contributed by atoms with van der Waals surface area (Å²) in [7, 11) is 0. The molecule has 12 heteroatoms. The second-order valence-electron chi connectivity index (χ2n) is 10.7. The Labute approximate surface area is 242 Å². The molecular formula is C30H34N8O4. The standard InChI is InChI=1S/C30H34N8O4/c1-6-14-37-28(40)20-12-13-24(34-26(20)38(37)18(2)3)33-25-15-22(32-23(17-39)19-10-8-7-9-11-19)21(16-31-25)27-35-29(36-42-27)30(4,5)41/h6-13,15-16,18,23,39,41H,1,14,17H2,2-5H3,(H2,31,32,33,34)/t23-/m1/s1. The number of fused-ring (bicyclic) bond motifs is 1. The highest BCUT2D eigenvalue weighted by molar-refractivity contribution is 5.79. The van der Waals surface area contributed by atoms with Crippen molar-refractivity contribution in [1.29, 1.82) is 0 Å². The van der Waals surface area contributed by atoms with E-state index in [0.717, 1.165) is 5.56 Å². The number of aromatic nitrogens is 6. The van der Waals surface area contributed by atoms with Crippen LogP contribution in [0.1, 0.15) is 51.2 Å². The largest absolute Gasteiger partial charge is 0.394 e. The Morgan fingerprint density at radius 2 is 1.88 bits per heavy atom. The number of allylic oxidation sites excluding steroid dienone is 1. The molecule has 0 saturated heterocycles. The molecule has 4 heterocycles. The van der Waals surface area contributed by atoms with Crippen LogP contribution in [0.3, 0.4) is 0 Å². The second kappa shape index (κ2) is 11.6. The highest BCUT2D eigenvalue weighted by atomic mass is 16.5. The number of anilines is 3. The van der Waals surface area contributed by atoms with Gasteiger partial charge in [0.15, 0.2) is 5.65 Å². The third-order valence-corrected chi connectivity index (χ3v) is 6.69. The zero-order valence-corrected chi connectivity index (χ0v) is 23.9. The lowest BCUT2D eigenvalue weighted by Crippen LogP contribution is -2.23. The Morgan fingerprint density at radius 1 is 1.12 bits per heavy atom. The lowest BCUT2D eigenvalue weighted by Gasteiger charge is -2.20. The van der Waals surface area contributed by atoms with Gasteiger partial charge in [-0.2, -0.15) is 4.98 Å². The fourth-order valence-electron chi connectivity index (χ4n) is 4.66. The van der Waals surface area contributed by atoms with Crippen molar-refractivity contribution in [2.75, 3.05) is 17.2 Å². The SMILES string of the molecule is C=CCn1c(=O)c2ccc(Nc3cc(N[C@H](CO)c4ccccc4)c(-c4nc(C(C)(C)O)no4)cn3)nc2n1C(C)C. The first-order valence-electron chi connectivity index (χ1n) is 13.6. The van der Waals surface area contributed by atoms with Gasteiger partial charge in [-0.3, -0.25) is 9.48 Å². The van der Waals surface area contributed by atoms with Crippen LogP contribution in [0.5, 0.6) is 0 Å². The highest BCUT2D eigenvalue weighted by Gasteiger charge is 2.25. The average Bonchev–Trinajstić information content (AvgIpc) is 3.56. The molecule has 12 nitrogen and oxygen atoms in total. The smallest absolute Gasteiger partial charge is 0.276 e. The summed E-state index contributed by atoms with van der Waals surface area (Å²) in [4.78, 5) is 26.7. The maximum Gasteiger partial charge on any atom is 0.276 e. The number of aliphatic hydroxyl groups excluding tert-OH is 1. The number of rotatable bonds is 11. The monoisotopic (exact) mass is 570 g/mol. The summed E-state index contributed by atoms with van der Waals surface area (Å²) in [6.07, 6.45) is 3.25. The first kappa shape index (κ1) is 28.7. The number of benzene rings is 1. The molecule has 1 aromatic carbocycles. The Kier molecular flexibility index (Phi) is 7.92. The predicted molar refractivity (Wildman–Crippen MR) is 161 cm³/mol. The molecule has 5 aromatic rings. The van der Waals surface area contributed by atoms with Crippen molar-refractivity contribution < 1.29 is 14.7 Å². The zero-order valence-electron chi connectivity index (χ0n) is 23.9. The number of aliphatic hydroxyl groups is 2. The van der Waals surface area contributed by atoms with E-state index in [-0.39, 0.29) is 29.9 Å². The zero-order chi connectivity index (χ0) is 30.0. The molecular weight excluding hydrogens is 536 g/mol. The number of hydrogen-bond acceptors (Lipinski definition) is 10. The van der Waals surface area contributed by atoms with Crippen molar-refractivity contribution in [1.82, 2.24) is 29.5 Å². The maximum absolute atomic E-state index is 13.0. The molecule has 0 aliphatic carbocycles. The van der Waals surface area contributed by atoms with Crippen molar-refractivity contribution in [2.45, 2.75) is 51.9 Å². The van der Waals surface area contributed by atoms with Gasteiger partial charge < -0.3 is 25.4 Å². The molecule has 0 fully saturated rings. The molecule has 4 N–H and O–H groups in total. The van der Waals surface area contributed by atoms with Crippen molar-refractivity contribution in [2.24, 2.45) is 0 Å². The molecule has 0 aliphatic heterocycles. The number of nitrogens with zero attached hydrogens (tertiary/aromatic N) is 6. The van der Waals surface area contributed by atoms with Crippen molar-refractivity contribution in [3.8, 4) is 11.5 Å². The summed E-state index contributed by atoms with van der Waals surface area (Å²) < 4.78 is 8.96. The van der Waals surface area contributed by atoms with Crippen LogP contribution in [0.25, 0.3) is 22.5 Å². The molecule has 4 aromatic heterocycles. The van der Waals surface area contributed by atoms with Gasteiger partial charge in [-0.05, 0) is 45.4 Å². The lowest BCUT2D eigenvalue weighted by molar-refractivity contribution is 0.0661. The van der Waals surface area contributed by atoms with Crippen LogP contribution in [0, 0.1) is 0 Å². The Bertz CT molecular complexity index is 1770. The Hall–Kier alpha value is -4.81. The summed E-state index contributed by atoms with van der Waals surface area (Å²) in [6, 6.07) is 14.3. The van der Waals surface area contributed by atoms with Crippen LogP contribution in [0.2, 0.25) is 0 Å². The fraction of sp³-hybridized carbons (Fsp3) is 0.300. The Balaban J connectivity index is 1.55. The molecule has 5 rings (SSSR count). The normalized spacial score (nSPS) is 12.5. The molecule has 0 bridgehead atoms. The van der Waals surface area contributed by atoms with Crippen molar-refractivity contribution in [3.05, 3.63) is 89.1 Å². The van der Waals surface area contributed by atoms with Gasteiger partial charge in [0.2, 0.25) is 5.82 Å². The van der Waals surface area contributed by atoms with Crippen LogP contribution in [-0.4, -0.2) is 46.3 Å². The summed E-state index contributed by atoms with van der Waals surface area (Å²) in [5.74, 6) is 1.22. The molecule has 1 atom stereocenters. The molecule has 218 valence electrons. The highest BCUT2D eigenvalue weighted by Crippen LogP contribution is 2.33. The minimum atomic E-state index is -1.30. The van der Waals surface area contributed by atoms with E-state index in [4.69, 9.17) is 9.51 Å². The van der Waals surface area contributed by atoms with E-state index in [1.165, 1.54) is 0 Å². The molecule has 0 spiro atoms. The van der Waals surface area contributed by atoms with E-state index in [2.05, 4.69) is 32.3 Å². The van der Waals surface area contributed by atoms with Crippen LogP contribution in [0.4, 0.5) is 17.3 Å². The number of hydrogen-bond donors (Lipinski definition) is 4. The van der Waals surface area contributed by atoms with E-state index in [1.54, 1.807) is 49.0 Å². The molecule has 0 radical (unpaired) electrons. The third kappa shape index (κ3) is 5.67. The average molecular weight is 571 g/mol. The van der Waals surface area contributed by atoms with Gasteiger partial charge in [-0.1, -0.05) is 41.6 Å². The predicted octanol–water partition coefficient (Wildman–Crippen LogP) is 4.53. The van der Waals surface area contributed by atoms with Gasteiger partial charge in [0.1, 0.15) is 17.2 Å². The quantitative estimate of drug-likeness (QED) is 0.166. The van der Waals surface area contributed by atoms with Crippen LogP contribution >= 0.6 is 0 Å². The van der Waals surface area contributed by atoms with E-state index >= 15 is 0 Å². The number of nitrogens with one attached hydrogen (secondary N) is 2. The minimum Gasteiger partial charge on any atom is -0.394 e. The first-order valence-corrected chi connectivity index (χ1v) is 13.6. The topological polar surface area (TPSA) is 156 Å². The number of pyridine rings is 2. The maximum atomic E-state index is 13.0. The van der Waals surface area contributed by atoms with E-state index in [1.807, 2.05) is 48.9 Å². The molecule has 0 aliphatic rings. The lowest BCUT2D eigenvalue weighted by atomic mass is 10.1. The summed E-state index contributed by atoms with van der Waals surface area (Å²) in [6.45, 7) is 11.1. The Morgan fingerprint density at radius 3 is 2.52 bits per heavy atom. The van der Waals surface area contributed by atoms with Gasteiger partial charge >= 0.3 is 0 Å². The van der Waals surface area contributed by atoms with Gasteiger partial charge in [-0.25, -0.2) is 14.6 Å². The van der Waals surface area contributed by atoms with Crippen LogP contribution < -0.4 is 16.2 Å². The minimum absolute atomic E-state index is 0.0114. The summed E-state index contributed by atoms with van der Waals surface area (Å²) in [5.41, 5.74) is 1.03. The first-order chi connectivity index (χ1) is 20.1. The van der Waals surface area contributed by atoms with Crippen molar-refractivity contribution in [3.63, 3.8) is 0 Å². The second-order valence-corrected chi connectivity index (χ2v) is 10.7. The van der Waals surface area contributed by atoms with Gasteiger partial charge in [0.05, 0.1) is 35.8 Å². The molecule has 0 amide bonds. The molecule has 0 saturated carbocycles. The van der Waals surface area contributed by atoms with Crippen LogP contribution in [0.15, 0.2) is 76.7 Å². The third-order valence-electron chi connectivity index (χ3n) is 6.69. The van der Waals surface area contributed by atoms with E-state index in [9.17, 15) is 15.0 Å². The van der Waals surface area contributed by atoms with Gasteiger partial charge in [-0.15, -0.1) is 6.58 Å². The van der Waals surface area contributed by atoms with Crippen LogP contribution in [-0.2, 0) is 12.1 Å². The van der Waals surface area contributed by atoms with E-state index < -0.39 is 11.6 Å². The molecule has 0 unspecified atom stereocenters. The summed E-state index contributed by atoms with van der Waals surface area (Å²) in [5, 5.41) is 31.6. The molecule has 42 heavy (non-hydrogen) atoms.